The highest BCUT2D eigenvalue weighted by Gasteiger charge is 2.06. The van der Waals surface area contributed by atoms with Crippen molar-refractivity contribution in [2.75, 3.05) is 13.2 Å². The van der Waals surface area contributed by atoms with Crippen LogP contribution in [0.25, 0.3) is 0 Å². The molecule has 1 heterocycles. The lowest BCUT2D eigenvalue weighted by Crippen LogP contribution is -2.22. The predicted octanol–water partition coefficient (Wildman–Crippen LogP) is 1.16. The Morgan fingerprint density at radius 3 is 2.87 bits per heavy atom. The number of rotatable bonds is 6. The van der Waals surface area contributed by atoms with Crippen LogP contribution in [-0.2, 0) is 6.54 Å². The molecule has 0 aliphatic carbocycles. The Bertz CT molecular complexity index is 324. The van der Waals surface area contributed by atoms with Crippen LogP contribution in [-0.4, -0.2) is 29.3 Å². The number of nitrogens with one attached hydrogen (secondary N) is 1. The molecule has 0 bridgehead atoms. The van der Waals surface area contributed by atoms with Crippen molar-refractivity contribution < 1.29 is 15.0 Å². The molecule has 3 N–H and O–H groups in total. The molecular formula is C10H15NO3S. The van der Waals surface area contributed by atoms with Crippen molar-refractivity contribution in [3.8, 4) is 0 Å². The minimum atomic E-state index is -0.880. The molecule has 84 valence electrons. The Kier molecular flexibility index (Phi) is 4.74. The first-order chi connectivity index (χ1) is 7.13. The summed E-state index contributed by atoms with van der Waals surface area (Å²) < 4.78 is 0. The molecule has 0 aromatic carbocycles. The Labute approximate surface area is 92.6 Å². The monoisotopic (exact) mass is 229 g/mol. The largest absolute Gasteiger partial charge is 0.477 e. The van der Waals surface area contributed by atoms with E-state index in [4.69, 9.17) is 10.2 Å². The molecule has 0 spiro atoms. The number of aromatic carboxylic acids is 1. The predicted molar refractivity (Wildman–Crippen MR) is 59.2 cm³/mol. The molecule has 1 aromatic rings. The van der Waals surface area contributed by atoms with E-state index < -0.39 is 5.97 Å². The average molecular weight is 229 g/mol. The van der Waals surface area contributed by atoms with Gasteiger partial charge in [0.2, 0.25) is 0 Å². The van der Waals surface area contributed by atoms with E-state index in [2.05, 4.69) is 5.32 Å². The third kappa shape index (κ3) is 3.99. The maximum Gasteiger partial charge on any atom is 0.345 e. The Morgan fingerprint density at radius 1 is 1.60 bits per heavy atom. The second kappa shape index (κ2) is 5.85. The van der Waals surface area contributed by atoms with Crippen molar-refractivity contribution in [2.45, 2.75) is 13.5 Å². The highest BCUT2D eigenvalue weighted by Crippen LogP contribution is 2.15. The van der Waals surface area contributed by atoms with E-state index in [0.29, 0.717) is 11.4 Å². The number of aliphatic hydroxyl groups excluding tert-OH is 1. The van der Waals surface area contributed by atoms with Crippen LogP contribution in [0.4, 0.5) is 0 Å². The number of carboxylic acid groups (broad SMARTS) is 1. The number of thiophene rings is 1. The second-order valence-electron chi connectivity index (χ2n) is 3.49. The molecule has 1 atom stereocenters. The van der Waals surface area contributed by atoms with Crippen LogP contribution in [0.5, 0.6) is 0 Å². The highest BCUT2D eigenvalue weighted by atomic mass is 32.1. The SMILES string of the molecule is CC(CO)CNCc1ccc(C(=O)O)s1. The third-order valence-corrected chi connectivity index (χ3v) is 3.05. The van der Waals surface area contributed by atoms with E-state index in [-0.39, 0.29) is 12.5 Å². The van der Waals surface area contributed by atoms with E-state index in [1.807, 2.05) is 13.0 Å². The summed E-state index contributed by atoms with van der Waals surface area (Å²) in [5.41, 5.74) is 0. The van der Waals surface area contributed by atoms with Gasteiger partial charge in [0.15, 0.2) is 0 Å². The van der Waals surface area contributed by atoms with Crippen LogP contribution >= 0.6 is 11.3 Å². The summed E-state index contributed by atoms with van der Waals surface area (Å²) in [5.74, 6) is -0.654. The highest BCUT2D eigenvalue weighted by molar-refractivity contribution is 7.13. The standard InChI is InChI=1S/C10H15NO3S/c1-7(6-12)4-11-5-8-2-3-9(15-8)10(13)14/h2-3,7,11-12H,4-6H2,1H3,(H,13,14). The molecule has 0 saturated carbocycles. The smallest absolute Gasteiger partial charge is 0.345 e. The molecule has 0 radical (unpaired) electrons. The first-order valence-corrected chi connectivity index (χ1v) is 5.58. The summed E-state index contributed by atoms with van der Waals surface area (Å²) in [6, 6.07) is 3.42. The van der Waals surface area contributed by atoms with Crippen LogP contribution < -0.4 is 5.32 Å². The topological polar surface area (TPSA) is 69.6 Å². The summed E-state index contributed by atoms with van der Waals surface area (Å²) in [6.07, 6.45) is 0. The molecule has 1 aromatic heterocycles. The van der Waals surface area contributed by atoms with Crippen LogP contribution in [0.2, 0.25) is 0 Å². The number of hydrogen-bond acceptors (Lipinski definition) is 4. The van der Waals surface area contributed by atoms with Gasteiger partial charge in [-0.2, -0.15) is 0 Å². The second-order valence-corrected chi connectivity index (χ2v) is 4.66. The summed E-state index contributed by atoms with van der Waals surface area (Å²) in [6.45, 7) is 3.50. The quantitative estimate of drug-likeness (QED) is 0.684. The van der Waals surface area contributed by atoms with Gasteiger partial charge < -0.3 is 15.5 Å². The minimum absolute atomic E-state index is 0.165. The molecule has 15 heavy (non-hydrogen) atoms. The maximum absolute atomic E-state index is 10.6. The molecule has 5 heteroatoms. The molecule has 0 fully saturated rings. The zero-order valence-corrected chi connectivity index (χ0v) is 9.38. The normalized spacial score (nSPS) is 12.7. The van der Waals surface area contributed by atoms with Gasteiger partial charge >= 0.3 is 5.97 Å². The van der Waals surface area contributed by atoms with Gasteiger partial charge in [-0.3, -0.25) is 0 Å². The fraction of sp³-hybridized carbons (Fsp3) is 0.500. The van der Waals surface area contributed by atoms with Crippen molar-refractivity contribution in [1.82, 2.24) is 5.32 Å². The van der Waals surface area contributed by atoms with E-state index in [1.54, 1.807) is 6.07 Å². The fourth-order valence-electron chi connectivity index (χ4n) is 1.09. The van der Waals surface area contributed by atoms with Crippen molar-refractivity contribution in [2.24, 2.45) is 5.92 Å². The molecular weight excluding hydrogens is 214 g/mol. The first kappa shape index (κ1) is 12.2. The van der Waals surface area contributed by atoms with Gasteiger partial charge in [0.25, 0.3) is 0 Å². The first-order valence-electron chi connectivity index (χ1n) is 4.77. The van der Waals surface area contributed by atoms with Crippen LogP contribution in [0.15, 0.2) is 12.1 Å². The van der Waals surface area contributed by atoms with Gasteiger partial charge in [0.05, 0.1) is 0 Å². The Hall–Kier alpha value is -0.910. The van der Waals surface area contributed by atoms with Gasteiger partial charge in [-0.1, -0.05) is 6.92 Å². The van der Waals surface area contributed by atoms with Crippen LogP contribution in [0, 0.1) is 5.92 Å². The summed E-state index contributed by atoms with van der Waals surface area (Å²) in [5, 5.41) is 20.7. The van der Waals surface area contributed by atoms with Gasteiger partial charge in [-0.15, -0.1) is 11.3 Å². The zero-order valence-electron chi connectivity index (χ0n) is 8.56. The summed E-state index contributed by atoms with van der Waals surface area (Å²) in [4.78, 5) is 12.0. The fourth-order valence-corrected chi connectivity index (χ4v) is 1.91. The Balaban J connectivity index is 2.35. The van der Waals surface area contributed by atoms with Crippen molar-refractivity contribution in [1.29, 1.82) is 0 Å². The molecule has 1 unspecified atom stereocenters. The summed E-state index contributed by atoms with van der Waals surface area (Å²) in [7, 11) is 0. The molecule has 0 saturated heterocycles. The number of carbonyl (C=O) groups is 1. The van der Waals surface area contributed by atoms with Gasteiger partial charge in [0.1, 0.15) is 4.88 Å². The van der Waals surface area contributed by atoms with Crippen molar-refractivity contribution >= 4 is 17.3 Å². The lowest BCUT2D eigenvalue weighted by Gasteiger charge is -2.07. The average Bonchev–Trinajstić information content (AvgIpc) is 2.66. The zero-order chi connectivity index (χ0) is 11.3. The maximum atomic E-state index is 10.6. The third-order valence-electron chi connectivity index (χ3n) is 1.98. The van der Waals surface area contributed by atoms with E-state index in [9.17, 15) is 4.79 Å². The molecule has 0 aliphatic heterocycles. The molecule has 0 aliphatic rings. The summed E-state index contributed by atoms with van der Waals surface area (Å²) >= 11 is 1.28. The van der Waals surface area contributed by atoms with Crippen LogP contribution in [0.1, 0.15) is 21.5 Å². The number of carboxylic acids is 1. The Morgan fingerprint density at radius 2 is 2.33 bits per heavy atom. The lowest BCUT2D eigenvalue weighted by molar-refractivity contribution is 0.0702. The van der Waals surface area contributed by atoms with Gasteiger partial charge in [-0.25, -0.2) is 4.79 Å². The minimum Gasteiger partial charge on any atom is -0.477 e. The number of aliphatic hydroxyl groups is 1. The van der Waals surface area contributed by atoms with E-state index in [0.717, 1.165) is 11.4 Å². The molecule has 4 nitrogen and oxygen atoms in total. The molecule has 0 amide bonds. The lowest BCUT2D eigenvalue weighted by atomic mass is 10.2. The van der Waals surface area contributed by atoms with Crippen molar-refractivity contribution in [3.63, 3.8) is 0 Å². The van der Waals surface area contributed by atoms with Gasteiger partial charge in [-0.05, 0) is 18.1 Å². The van der Waals surface area contributed by atoms with Crippen molar-refractivity contribution in [3.05, 3.63) is 21.9 Å². The van der Waals surface area contributed by atoms with Crippen LogP contribution in [0.3, 0.4) is 0 Å². The van der Waals surface area contributed by atoms with E-state index >= 15 is 0 Å². The van der Waals surface area contributed by atoms with Gasteiger partial charge in [0, 0.05) is 24.6 Å². The van der Waals surface area contributed by atoms with E-state index in [1.165, 1.54) is 11.3 Å². The molecule has 1 rings (SSSR count). The number of hydrogen-bond donors (Lipinski definition) is 3.